The van der Waals surface area contributed by atoms with Gasteiger partial charge in [-0.1, -0.05) is 36.8 Å². The number of amides is 1. The van der Waals surface area contributed by atoms with Crippen LogP contribution >= 0.6 is 0 Å². The van der Waals surface area contributed by atoms with Gasteiger partial charge in [-0.25, -0.2) is 9.18 Å². The van der Waals surface area contributed by atoms with Gasteiger partial charge >= 0.3 is 6.09 Å². The lowest BCUT2D eigenvalue weighted by atomic mass is 9.44. The van der Waals surface area contributed by atoms with Crippen LogP contribution in [0.4, 0.5) is 9.18 Å². The van der Waals surface area contributed by atoms with Crippen molar-refractivity contribution in [2.24, 2.45) is 22.7 Å². The number of halogens is 1. The molecule has 4 fully saturated rings. The Balaban J connectivity index is 1.32. The molecule has 40 heavy (non-hydrogen) atoms. The lowest BCUT2D eigenvalue weighted by Crippen LogP contribution is -2.70. The van der Waals surface area contributed by atoms with Gasteiger partial charge in [0.25, 0.3) is 0 Å². The summed E-state index contributed by atoms with van der Waals surface area (Å²) in [6, 6.07) is 8.51. The monoisotopic (exact) mass is 553 g/mol. The minimum Gasteiger partial charge on any atom is -0.410 e. The van der Waals surface area contributed by atoms with E-state index in [1.807, 2.05) is 6.92 Å². The molecule has 4 unspecified atom stereocenters. The van der Waals surface area contributed by atoms with Gasteiger partial charge in [-0.05, 0) is 76.7 Å². The number of para-hydroxylation sites is 1. The van der Waals surface area contributed by atoms with E-state index >= 15 is 4.39 Å². The molecular formula is C31H36FNO7. The number of Topliss-reactive ketones (excluding diaryl/α,β-unsaturated/α-hetero) is 1. The summed E-state index contributed by atoms with van der Waals surface area (Å²) in [5.41, 5.74) is -4.95. The van der Waals surface area contributed by atoms with Crippen LogP contribution in [0.5, 0.6) is 5.75 Å². The zero-order chi connectivity index (χ0) is 28.7. The molecule has 9 heteroatoms. The first-order valence-corrected chi connectivity index (χ1v) is 14.0. The Labute approximate surface area is 232 Å². The third kappa shape index (κ3) is 3.56. The van der Waals surface area contributed by atoms with Crippen LogP contribution in [0.25, 0.3) is 0 Å². The first-order valence-electron chi connectivity index (χ1n) is 14.0. The molecule has 2 N–H and O–H groups in total. The number of aliphatic hydroxyl groups is 1. The van der Waals surface area contributed by atoms with E-state index in [0.29, 0.717) is 30.6 Å². The number of hydrogen-bond donors (Lipinski definition) is 2. The molecule has 0 bridgehead atoms. The lowest BCUT2D eigenvalue weighted by molar-refractivity contribution is -0.245. The van der Waals surface area contributed by atoms with Gasteiger partial charge in [0.2, 0.25) is 0 Å². The molecule has 1 aromatic carbocycles. The van der Waals surface area contributed by atoms with Crippen LogP contribution in [0.2, 0.25) is 0 Å². The fourth-order valence-electron chi connectivity index (χ4n) is 8.72. The van der Waals surface area contributed by atoms with E-state index in [9.17, 15) is 19.5 Å². The standard InChI is InChI=1S/C31H36FNO7/c1-27(2)39-25-15-22-21-11-10-18-14-19(34)12-13-28(18,3)30(21,32)23(35)16-29(22,4)31(25,40-27)24(36)17-33-26(37)38-20-8-6-5-7-9-20/h5-9,12-14,21-23,25,35H,10-11,15-17H2,1-4H3,(H,33,37)/t21?,22?,23-,25+,28?,29?,30-,31+/m0/s1. The molecule has 8 atom stereocenters. The first-order chi connectivity index (χ1) is 18.8. The number of nitrogens with one attached hydrogen (secondary N) is 1. The third-order valence-corrected chi connectivity index (χ3v) is 10.4. The minimum absolute atomic E-state index is 0.0362. The molecule has 214 valence electrons. The Morgan fingerprint density at radius 2 is 1.88 bits per heavy atom. The summed E-state index contributed by atoms with van der Waals surface area (Å²) in [5.74, 6) is -2.26. The van der Waals surface area contributed by atoms with Gasteiger partial charge in [0.15, 0.2) is 28.6 Å². The van der Waals surface area contributed by atoms with Crippen LogP contribution in [-0.4, -0.2) is 58.6 Å². The highest BCUT2D eigenvalue weighted by Crippen LogP contribution is 2.72. The number of ketones is 2. The summed E-state index contributed by atoms with van der Waals surface area (Å²) in [7, 11) is 0. The van der Waals surface area contributed by atoms with Crippen molar-refractivity contribution in [2.75, 3.05) is 6.54 Å². The van der Waals surface area contributed by atoms with Gasteiger partial charge in [-0.3, -0.25) is 9.59 Å². The van der Waals surface area contributed by atoms with E-state index < -0.39 is 57.9 Å². The molecule has 6 rings (SSSR count). The predicted octanol–water partition coefficient (Wildman–Crippen LogP) is 4.22. The summed E-state index contributed by atoms with van der Waals surface area (Å²) in [4.78, 5) is 38.7. The summed E-state index contributed by atoms with van der Waals surface area (Å²) >= 11 is 0. The van der Waals surface area contributed by atoms with Gasteiger partial charge < -0.3 is 24.6 Å². The Bertz CT molecular complexity index is 1330. The van der Waals surface area contributed by atoms with Crippen LogP contribution < -0.4 is 10.1 Å². The average molecular weight is 554 g/mol. The van der Waals surface area contributed by atoms with Crippen LogP contribution in [-0.2, 0) is 19.1 Å². The Morgan fingerprint density at radius 1 is 1.15 bits per heavy atom. The molecule has 8 nitrogen and oxygen atoms in total. The number of ether oxygens (including phenoxy) is 3. The van der Waals surface area contributed by atoms with Crippen LogP contribution in [0, 0.1) is 22.7 Å². The van der Waals surface area contributed by atoms with E-state index in [0.717, 1.165) is 0 Å². The van der Waals surface area contributed by atoms with Crippen molar-refractivity contribution in [3.63, 3.8) is 0 Å². The minimum atomic E-state index is -2.03. The quantitative estimate of drug-likeness (QED) is 0.575. The maximum atomic E-state index is 17.5. The van der Waals surface area contributed by atoms with Crippen LogP contribution in [0.3, 0.4) is 0 Å². The van der Waals surface area contributed by atoms with E-state index in [2.05, 4.69) is 5.32 Å². The molecule has 5 aliphatic rings. The number of fused-ring (bicyclic) bond motifs is 7. The predicted molar refractivity (Wildman–Crippen MR) is 142 cm³/mol. The second-order valence-electron chi connectivity index (χ2n) is 12.8. The molecule has 1 heterocycles. The van der Waals surface area contributed by atoms with Gasteiger partial charge in [-0.2, -0.15) is 0 Å². The fourth-order valence-corrected chi connectivity index (χ4v) is 8.72. The highest BCUT2D eigenvalue weighted by atomic mass is 19.1. The Hall–Kier alpha value is -2.88. The van der Waals surface area contributed by atoms with Crippen LogP contribution in [0.1, 0.15) is 53.4 Å². The summed E-state index contributed by atoms with van der Waals surface area (Å²) in [6.07, 6.45) is 2.90. The molecule has 0 aromatic heterocycles. The zero-order valence-electron chi connectivity index (χ0n) is 23.2. The van der Waals surface area contributed by atoms with Crippen molar-refractivity contribution in [2.45, 2.75) is 82.6 Å². The number of aliphatic hydroxyl groups excluding tert-OH is 1. The molecule has 1 aliphatic heterocycles. The smallest absolute Gasteiger partial charge is 0.410 e. The number of rotatable bonds is 4. The highest BCUT2D eigenvalue weighted by molar-refractivity contribution is 6.01. The third-order valence-electron chi connectivity index (χ3n) is 10.4. The zero-order valence-corrected chi connectivity index (χ0v) is 23.2. The number of carbonyl (C=O) groups is 3. The summed E-state index contributed by atoms with van der Waals surface area (Å²) in [6.45, 7) is 6.74. The number of allylic oxidation sites excluding steroid dienone is 4. The summed E-state index contributed by atoms with van der Waals surface area (Å²) in [5, 5.41) is 14.2. The molecule has 4 aliphatic carbocycles. The van der Waals surface area contributed by atoms with E-state index in [1.54, 1.807) is 57.2 Å². The molecule has 3 saturated carbocycles. The first kappa shape index (κ1) is 27.3. The number of alkyl halides is 1. The number of benzene rings is 1. The topological polar surface area (TPSA) is 111 Å². The normalized spacial score (nSPS) is 42.6. The van der Waals surface area contributed by atoms with E-state index in [1.165, 1.54) is 12.2 Å². The van der Waals surface area contributed by atoms with E-state index in [-0.39, 0.29) is 24.7 Å². The van der Waals surface area contributed by atoms with Crippen molar-refractivity contribution in [3.8, 4) is 5.75 Å². The highest BCUT2D eigenvalue weighted by Gasteiger charge is 2.80. The fraction of sp³-hybridized carbons (Fsp3) is 0.581. The lowest BCUT2D eigenvalue weighted by Gasteiger charge is -2.62. The van der Waals surface area contributed by atoms with Crippen molar-refractivity contribution in [1.29, 1.82) is 0 Å². The molecule has 1 saturated heterocycles. The number of carbonyl (C=O) groups excluding carboxylic acids is 3. The molecular weight excluding hydrogens is 517 g/mol. The van der Waals surface area contributed by atoms with Gasteiger partial charge in [0.1, 0.15) is 5.75 Å². The second-order valence-corrected chi connectivity index (χ2v) is 12.8. The summed E-state index contributed by atoms with van der Waals surface area (Å²) < 4.78 is 35.5. The van der Waals surface area contributed by atoms with Crippen molar-refractivity contribution >= 4 is 17.7 Å². The largest absolute Gasteiger partial charge is 0.412 e. The molecule has 1 amide bonds. The van der Waals surface area contributed by atoms with Crippen LogP contribution in [0.15, 0.2) is 54.1 Å². The maximum absolute atomic E-state index is 17.5. The van der Waals surface area contributed by atoms with Crippen molar-refractivity contribution in [1.82, 2.24) is 5.32 Å². The maximum Gasteiger partial charge on any atom is 0.412 e. The molecule has 0 radical (unpaired) electrons. The van der Waals surface area contributed by atoms with Crippen molar-refractivity contribution < 1.29 is 38.1 Å². The molecule has 0 spiro atoms. The Kier molecular flexibility index (Phi) is 6.01. The van der Waals surface area contributed by atoms with Gasteiger partial charge in [0.05, 0.1) is 18.8 Å². The average Bonchev–Trinajstić information content (AvgIpc) is 3.30. The Morgan fingerprint density at radius 3 is 2.60 bits per heavy atom. The second kappa shape index (κ2) is 8.81. The van der Waals surface area contributed by atoms with E-state index in [4.69, 9.17) is 14.2 Å². The molecule has 1 aromatic rings. The SMILES string of the molecule is CC1(C)O[C@@H]2CC3C4CCC5=CC(=O)C=CC5(C)[C@@]4(F)[C@@H](O)CC3(C)[C@]2(C(=O)CNC(=O)Oc2ccccc2)O1. The van der Waals surface area contributed by atoms with Gasteiger partial charge in [0, 0.05) is 16.7 Å². The number of hydrogen-bond acceptors (Lipinski definition) is 7. The van der Waals surface area contributed by atoms with Crippen molar-refractivity contribution in [3.05, 3.63) is 54.1 Å². The van der Waals surface area contributed by atoms with Gasteiger partial charge in [-0.15, -0.1) is 0 Å².